The molecule has 1 aromatic rings. The molecule has 5 aliphatic rings. The molecule has 3 aliphatic carbocycles. The summed E-state index contributed by atoms with van der Waals surface area (Å²) >= 11 is 0. The molecule has 6 rings (SSSR count). The van der Waals surface area contributed by atoms with Gasteiger partial charge in [0.25, 0.3) is 0 Å². The van der Waals surface area contributed by atoms with E-state index >= 15 is 0 Å². The summed E-state index contributed by atoms with van der Waals surface area (Å²) in [7, 11) is 1.84. The van der Waals surface area contributed by atoms with E-state index in [0.29, 0.717) is 5.75 Å². The fraction of sp³-hybridized carbons (Fsp3) is 0.765. The minimum atomic E-state index is -0.724. The average Bonchev–Trinajstić information content (AvgIpc) is 3.65. The smallest absolute Gasteiger partial charge is 0.323 e. The van der Waals surface area contributed by atoms with Crippen molar-refractivity contribution in [3.63, 3.8) is 0 Å². The van der Waals surface area contributed by atoms with E-state index in [1.807, 2.05) is 48.7 Å². The van der Waals surface area contributed by atoms with E-state index in [0.717, 1.165) is 50.3 Å². The predicted octanol–water partition coefficient (Wildman–Crippen LogP) is 4.40. The Labute approximate surface area is 256 Å². The number of nitrogens with one attached hydrogen (secondary N) is 1. The van der Waals surface area contributed by atoms with Crippen molar-refractivity contribution in [2.45, 2.75) is 139 Å². The summed E-state index contributed by atoms with van der Waals surface area (Å²) in [6.07, 6.45) is 5.84. The minimum absolute atomic E-state index is 0.0862. The first-order valence-corrected chi connectivity index (χ1v) is 16.2. The molecule has 1 saturated heterocycles. The summed E-state index contributed by atoms with van der Waals surface area (Å²) in [6, 6.07) is 3.10. The Kier molecular flexibility index (Phi) is 7.57. The van der Waals surface area contributed by atoms with E-state index in [9.17, 15) is 14.7 Å². The number of esters is 2. The molecule has 9 heteroatoms. The van der Waals surface area contributed by atoms with Gasteiger partial charge in [0.1, 0.15) is 23.3 Å². The van der Waals surface area contributed by atoms with Gasteiger partial charge in [-0.1, -0.05) is 6.07 Å². The second-order valence-electron chi connectivity index (χ2n) is 15.5. The SMILES string of the molecule is CO[C@@]12CC[C@H](N[C@@H](CCC(=O)OC(C)(C)C)C(=O)OC(C)(C)C)[C@@H]3Oc4c(O)ccc5c4[C@@]31CCN(CC1CC1)[C@@H]2C5. The predicted molar refractivity (Wildman–Crippen MR) is 161 cm³/mol. The van der Waals surface area contributed by atoms with Crippen LogP contribution in [0, 0.1) is 5.92 Å². The van der Waals surface area contributed by atoms with Crippen molar-refractivity contribution in [1.82, 2.24) is 10.2 Å². The standard InChI is InChI=1S/C34H50N2O7/c1-31(2,3)42-26(38)13-11-23(30(39)43-32(4,5)6)35-22-14-15-34(40-7)25-18-21-10-12-24(37)28-27(21)33(34,29(22)41-28)16-17-36(25)19-20-8-9-20/h10,12,20,22-23,25,29,35,37H,8-9,11,13-19H2,1-7H3/t22-,23-,25+,29-,33-,34+/m0/s1. The van der Waals surface area contributed by atoms with Gasteiger partial charge in [-0.15, -0.1) is 0 Å². The monoisotopic (exact) mass is 598 g/mol. The number of phenolic OH excluding ortho intramolecular Hbond substituents is 1. The molecule has 0 radical (unpaired) electrons. The van der Waals surface area contributed by atoms with E-state index in [1.165, 1.54) is 18.4 Å². The molecule has 0 amide bonds. The van der Waals surface area contributed by atoms with E-state index in [4.69, 9.17) is 18.9 Å². The molecule has 1 aromatic carbocycles. The number of likely N-dealkylation sites (tertiary alicyclic amines) is 1. The van der Waals surface area contributed by atoms with Crippen LogP contribution in [0.4, 0.5) is 0 Å². The van der Waals surface area contributed by atoms with Gasteiger partial charge in [-0.3, -0.25) is 19.8 Å². The topological polar surface area (TPSA) is 107 Å². The normalized spacial score (nSPS) is 32.0. The lowest BCUT2D eigenvalue weighted by Crippen LogP contribution is -2.79. The van der Waals surface area contributed by atoms with Crippen molar-refractivity contribution < 1.29 is 33.6 Å². The molecule has 6 atom stereocenters. The Morgan fingerprint density at radius 2 is 1.81 bits per heavy atom. The van der Waals surface area contributed by atoms with Gasteiger partial charge in [-0.25, -0.2) is 0 Å². The van der Waals surface area contributed by atoms with Crippen LogP contribution in [-0.4, -0.2) is 83.2 Å². The van der Waals surface area contributed by atoms with Crippen molar-refractivity contribution in [2.24, 2.45) is 5.92 Å². The van der Waals surface area contributed by atoms with Crippen LogP contribution in [0.3, 0.4) is 0 Å². The number of nitrogens with zero attached hydrogens (tertiary/aromatic N) is 1. The average molecular weight is 599 g/mol. The van der Waals surface area contributed by atoms with Crippen LogP contribution in [0.1, 0.15) is 97.6 Å². The number of carbonyl (C=O) groups excluding carboxylic acids is 2. The fourth-order valence-electron chi connectivity index (χ4n) is 8.60. The largest absolute Gasteiger partial charge is 0.504 e. The molecular weight excluding hydrogens is 548 g/mol. The van der Waals surface area contributed by atoms with E-state index in [1.54, 1.807) is 6.07 Å². The molecule has 0 aromatic heterocycles. The molecule has 2 N–H and O–H groups in total. The van der Waals surface area contributed by atoms with Gasteiger partial charge in [-0.2, -0.15) is 0 Å². The minimum Gasteiger partial charge on any atom is -0.504 e. The maximum absolute atomic E-state index is 13.6. The number of piperidine rings is 1. The number of phenols is 1. The van der Waals surface area contributed by atoms with Gasteiger partial charge in [-0.05, 0) is 111 Å². The molecule has 2 aliphatic heterocycles. The highest BCUT2D eigenvalue weighted by Gasteiger charge is 2.74. The Balaban J connectivity index is 1.33. The summed E-state index contributed by atoms with van der Waals surface area (Å²) in [6.45, 7) is 13.1. The summed E-state index contributed by atoms with van der Waals surface area (Å²) in [5.41, 5.74) is 0.109. The van der Waals surface area contributed by atoms with Crippen molar-refractivity contribution in [1.29, 1.82) is 0 Å². The van der Waals surface area contributed by atoms with Crippen LogP contribution in [0.15, 0.2) is 12.1 Å². The highest BCUT2D eigenvalue weighted by Crippen LogP contribution is 2.66. The van der Waals surface area contributed by atoms with E-state index in [2.05, 4.69) is 16.3 Å². The third kappa shape index (κ3) is 5.33. The molecule has 1 spiro atoms. The van der Waals surface area contributed by atoms with Gasteiger partial charge in [0, 0.05) is 37.7 Å². The van der Waals surface area contributed by atoms with Gasteiger partial charge < -0.3 is 24.1 Å². The number of hydrogen-bond donors (Lipinski definition) is 2. The first kappa shape index (κ1) is 30.7. The van der Waals surface area contributed by atoms with Gasteiger partial charge in [0.05, 0.1) is 11.0 Å². The highest BCUT2D eigenvalue weighted by atomic mass is 16.6. The second-order valence-corrected chi connectivity index (χ2v) is 15.5. The van der Waals surface area contributed by atoms with Gasteiger partial charge in [0.15, 0.2) is 11.5 Å². The highest BCUT2D eigenvalue weighted by molar-refractivity contribution is 5.78. The molecule has 238 valence electrons. The first-order valence-electron chi connectivity index (χ1n) is 16.2. The van der Waals surface area contributed by atoms with Crippen LogP contribution < -0.4 is 10.1 Å². The molecule has 2 saturated carbocycles. The quantitative estimate of drug-likeness (QED) is 0.400. The van der Waals surface area contributed by atoms with Crippen LogP contribution in [0.25, 0.3) is 0 Å². The maximum Gasteiger partial charge on any atom is 0.323 e. The Hall–Kier alpha value is -2.36. The number of rotatable bonds is 9. The lowest BCUT2D eigenvalue weighted by molar-refractivity contribution is -0.208. The van der Waals surface area contributed by atoms with Crippen molar-refractivity contribution in [2.75, 3.05) is 20.2 Å². The number of benzene rings is 1. The zero-order valence-electron chi connectivity index (χ0n) is 27.0. The Morgan fingerprint density at radius 3 is 2.47 bits per heavy atom. The van der Waals surface area contributed by atoms with Crippen molar-refractivity contribution in [3.05, 3.63) is 23.3 Å². The van der Waals surface area contributed by atoms with E-state index < -0.39 is 34.2 Å². The molecule has 2 bridgehead atoms. The van der Waals surface area contributed by atoms with Crippen LogP contribution >= 0.6 is 0 Å². The zero-order chi connectivity index (χ0) is 30.9. The third-order valence-electron chi connectivity index (χ3n) is 10.3. The summed E-state index contributed by atoms with van der Waals surface area (Å²) in [4.78, 5) is 28.9. The third-order valence-corrected chi connectivity index (χ3v) is 10.3. The number of carbonyl (C=O) groups is 2. The number of ether oxygens (including phenoxy) is 4. The van der Waals surface area contributed by atoms with Gasteiger partial charge in [0.2, 0.25) is 0 Å². The van der Waals surface area contributed by atoms with E-state index in [-0.39, 0.29) is 42.7 Å². The lowest BCUT2D eigenvalue weighted by atomic mass is 9.48. The lowest BCUT2D eigenvalue weighted by Gasteiger charge is -2.65. The summed E-state index contributed by atoms with van der Waals surface area (Å²) in [5, 5.41) is 14.7. The summed E-state index contributed by atoms with van der Waals surface area (Å²) in [5.74, 6) is 0.749. The maximum atomic E-state index is 13.6. The molecule has 3 fully saturated rings. The zero-order valence-corrected chi connectivity index (χ0v) is 27.0. The molecular formula is C34H50N2O7. The Morgan fingerprint density at radius 1 is 1.09 bits per heavy atom. The van der Waals surface area contributed by atoms with Crippen LogP contribution in [0.5, 0.6) is 11.5 Å². The van der Waals surface area contributed by atoms with Crippen molar-refractivity contribution in [3.8, 4) is 11.5 Å². The first-order chi connectivity index (χ1) is 20.2. The fourth-order valence-corrected chi connectivity index (χ4v) is 8.60. The van der Waals surface area contributed by atoms with Crippen molar-refractivity contribution >= 4 is 11.9 Å². The molecule has 9 nitrogen and oxygen atoms in total. The number of aromatic hydroxyl groups is 1. The second kappa shape index (κ2) is 10.6. The van der Waals surface area contributed by atoms with Crippen LogP contribution in [0.2, 0.25) is 0 Å². The molecule has 0 unspecified atom stereocenters. The van der Waals surface area contributed by atoms with Gasteiger partial charge >= 0.3 is 11.9 Å². The number of hydrogen-bond acceptors (Lipinski definition) is 9. The van der Waals surface area contributed by atoms with Crippen LogP contribution in [-0.2, 0) is 35.6 Å². The Bertz CT molecular complexity index is 1260. The molecule has 2 heterocycles. The summed E-state index contributed by atoms with van der Waals surface area (Å²) < 4.78 is 24.9. The molecule has 43 heavy (non-hydrogen) atoms. The number of methoxy groups -OCH3 is 1.